The SMILES string of the molecule is CCc1nnc(NC(=O)NC(C)CC(C)(C)OC)s1. The fourth-order valence-electron chi connectivity index (χ4n) is 1.68. The molecule has 0 aromatic carbocycles. The number of nitrogens with zero attached hydrogens (tertiary/aromatic N) is 2. The largest absolute Gasteiger partial charge is 0.379 e. The van der Waals surface area contributed by atoms with E-state index in [0.717, 1.165) is 17.8 Å². The Balaban J connectivity index is 2.42. The number of carbonyl (C=O) groups is 1. The van der Waals surface area contributed by atoms with Crippen LogP contribution in [-0.4, -0.2) is 35.0 Å². The molecule has 1 atom stereocenters. The van der Waals surface area contributed by atoms with E-state index in [1.165, 1.54) is 11.3 Å². The van der Waals surface area contributed by atoms with Crippen LogP contribution in [0.5, 0.6) is 0 Å². The molecule has 0 spiro atoms. The van der Waals surface area contributed by atoms with Gasteiger partial charge in [0.05, 0.1) is 5.60 Å². The van der Waals surface area contributed by atoms with Crippen LogP contribution in [0.3, 0.4) is 0 Å². The fourth-order valence-corrected chi connectivity index (χ4v) is 2.35. The van der Waals surface area contributed by atoms with Crippen LogP contribution in [0.25, 0.3) is 0 Å². The molecule has 0 radical (unpaired) electrons. The zero-order chi connectivity index (χ0) is 14.5. The highest BCUT2D eigenvalue weighted by Gasteiger charge is 2.21. The van der Waals surface area contributed by atoms with E-state index in [0.29, 0.717) is 5.13 Å². The van der Waals surface area contributed by atoms with Crippen LogP contribution < -0.4 is 10.6 Å². The standard InChI is InChI=1S/C12H22N4O2S/c1-6-9-15-16-11(19-9)14-10(17)13-8(2)7-12(3,4)18-5/h8H,6-7H2,1-5H3,(H2,13,14,16,17). The summed E-state index contributed by atoms with van der Waals surface area (Å²) in [5, 5.41) is 14.8. The molecule has 1 unspecified atom stereocenters. The van der Waals surface area contributed by atoms with Gasteiger partial charge in [-0.2, -0.15) is 0 Å². The van der Waals surface area contributed by atoms with E-state index in [1.807, 2.05) is 27.7 Å². The summed E-state index contributed by atoms with van der Waals surface area (Å²) in [7, 11) is 1.67. The van der Waals surface area contributed by atoms with Gasteiger partial charge < -0.3 is 10.1 Å². The first-order valence-corrected chi connectivity index (χ1v) is 7.13. The minimum atomic E-state index is -0.266. The second-order valence-electron chi connectivity index (χ2n) is 5.02. The predicted molar refractivity (Wildman–Crippen MR) is 76.6 cm³/mol. The van der Waals surface area contributed by atoms with E-state index in [9.17, 15) is 4.79 Å². The van der Waals surface area contributed by atoms with Crippen molar-refractivity contribution in [3.8, 4) is 0 Å². The Morgan fingerprint density at radius 1 is 1.47 bits per heavy atom. The van der Waals surface area contributed by atoms with Crippen molar-refractivity contribution in [2.45, 2.75) is 52.2 Å². The number of aromatic nitrogens is 2. The Hall–Kier alpha value is -1.21. The number of anilines is 1. The summed E-state index contributed by atoms with van der Waals surface area (Å²) in [6, 6.07) is -0.258. The van der Waals surface area contributed by atoms with Gasteiger partial charge in [-0.05, 0) is 33.6 Å². The van der Waals surface area contributed by atoms with Crippen molar-refractivity contribution >= 4 is 22.5 Å². The number of rotatable bonds is 6. The van der Waals surface area contributed by atoms with E-state index in [-0.39, 0.29) is 17.7 Å². The van der Waals surface area contributed by atoms with Crippen molar-refractivity contribution < 1.29 is 9.53 Å². The average Bonchev–Trinajstić information content (AvgIpc) is 2.75. The normalized spacial score (nSPS) is 13.1. The van der Waals surface area contributed by atoms with Crippen molar-refractivity contribution in [1.29, 1.82) is 0 Å². The van der Waals surface area contributed by atoms with Gasteiger partial charge >= 0.3 is 6.03 Å². The third kappa shape index (κ3) is 5.52. The van der Waals surface area contributed by atoms with Gasteiger partial charge in [0.15, 0.2) is 0 Å². The van der Waals surface area contributed by atoms with E-state index in [1.54, 1.807) is 7.11 Å². The van der Waals surface area contributed by atoms with Gasteiger partial charge in [-0.15, -0.1) is 10.2 Å². The zero-order valence-electron chi connectivity index (χ0n) is 12.1. The molecule has 0 aliphatic heterocycles. The van der Waals surface area contributed by atoms with Gasteiger partial charge in [-0.1, -0.05) is 18.3 Å². The monoisotopic (exact) mass is 286 g/mol. The molecule has 108 valence electrons. The molecule has 0 fully saturated rings. The van der Waals surface area contributed by atoms with Crippen LogP contribution in [0.1, 0.15) is 39.1 Å². The molecule has 2 amide bonds. The average molecular weight is 286 g/mol. The van der Waals surface area contributed by atoms with Crippen LogP contribution in [0, 0.1) is 0 Å². The van der Waals surface area contributed by atoms with Gasteiger partial charge in [0, 0.05) is 13.2 Å². The molecular formula is C12H22N4O2S. The Bertz CT molecular complexity index is 420. The van der Waals surface area contributed by atoms with Crippen molar-refractivity contribution in [2.75, 3.05) is 12.4 Å². The molecule has 6 nitrogen and oxygen atoms in total. The smallest absolute Gasteiger partial charge is 0.321 e. The number of methoxy groups -OCH3 is 1. The molecular weight excluding hydrogens is 264 g/mol. The van der Waals surface area contributed by atoms with Gasteiger partial charge in [0.25, 0.3) is 0 Å². The minimum Gasteiger partial charge on any atom is -0.379 e. The van der Waals surface area contributed by atoms with Crippen molar-refractivity contribution in [2.24, 2.45) is 0 Å². The number of carbonyl (C=O) groups excluding carboxylic acids is 1. The third-order valence-corrected chi connectivity index (χ3v) is 3.70. The van der Waals surface area contributed by atoms with E-state index in [4.69, 9.17) is 4.74 Å². The summed E-state index contributed by atoms with van der Waals surface area (Å²) in [5.74, 6) is 0. The minimum absolute atomic E-state index is 0.00789. The number of nitrogens with one attached hydrogen (secondary N) is 2. The lowest BCUT2D eigenvalue weighted by atomic mass is 10.00. The maximum Gasteiger partial charge on any atom is 0.321 e. The summed E-state index contributed by atoms with van der Waals surface area (Å²) in [5.41, 5.74) is -0.259. The molecule has 1 aromatic heterocycles. The first kappa shape index (κ1) is 15.8. The number of hydrogen-bond donors (Lipinski definition) is 2. The molecule has 0 aliphatic rings. The number of urea groups is 1. The quantitative estimate of drug-likeness (QED) is 0.842. The predicted octanol–water partition coefficient (Wildman–Crippen LogP) is 2.43. The van der Waals surface area contributed by atoms with Gasteiger partial charge in [0.1, 0.15) is 5.01 Å². The molecule has 19 heavy (non-hydrogen) atoms. The number of ether oxygens (including phenoxy) is 1. The van der Waals surface area contributed by atoms with E-state index >= 15 is 0 Å². The zero-order valence-corrected chi connectivity index (χ0v) is 12.9. The number of aryl methyl sites for hydroxylation is 1. The molecule has 1 rings (SSSR count). The van der Waals surface area contributed by atoms with Crippen LogP contribution in [0.4, 0.5) is 9.93 Å². The maximum atomic E-state index is 11.8. The second kappa shape index (κ2) is 6.81. The maximum absolute atomic E-state index is 11.8. The molecule has 0 saturated heterocycles. The Morgan fingerprint density at radius 3 is 2.68 bits per heavy atom. The lowest BCUT2D eigenvalue weighted by Gasteiger charge is -2.26. The highest BCUT2D eigenvalue weighted by Crippen LogP contribution is 2.17. The van der Waals surface area contributed by atoms with Crippen LogP contribution in [0.15, 0.2) is 0 Å². The molecule has 2 N–H and O–H groups in total. The highest BCUT2D eigenvalue weighted by atomic mass is 32.1. The molecule has 0 saturated carbocycles. The third-order valence-electron chi connectivity index (χ3n) is 2.72. The van der Waals surface area contributed by atoms with Gasteiger partial charge in [-0.25, -0.2) is 4.79 Å². The molecule has 0 aliphatic carbocycles. The Labute approximate surface area is 118 Å². The summed E-state index contributed by atoms with van der Waals surface area (Å²) < 4.78 is 5.33. The molecule has 1 heterocycles. The summed E-state index contributed by atoms with van der Waals surface area (Å²) in [6.45, 7) is 7.92. The van der Waals surface area contributed by atoms with Crippen LogP contribution >= 0.6 is 11.3 Å². The first-order valence-electron chi connectivity index (χ1n) is 6.31. The first-order chi connectivity index (χ1) is 8.86. The molecule has 7 heteroatoms. The Morgan fingerprint density at radius 2 is 2.16 bits per heavy atom. The lowest BCUT2D eigenvalue weighted by Crippen LogP contribution is -2.40. The summed E-state index contributed by atoms with van der Waals surface area (Å²) in [6.07, 6.45) is 1.55. The van der Waals surface area contributed by atoms with E-state index < -0.39 is 0 Å². The topological polar surface area (TPSA) is 76.1 Å². The Kier molecular flexibility index (Phi) is 5.68. The highest BCUT2D eigenvalue weighted by molar-refractivity contribution is 7.15. The van der Waals surface area contributed by atoms with Gasteiger partial charge in [0.2, 0.25) is 5.13 Å². The number of hydrogen-bond acceptors (Lipinski definition) is 5. The van der Waals surface area contributed by atoms with Crippen LogP contribution in [0.2, 0.25) is 0 Å². The summed E-state index contributed by atoms with van der Waals surface area (Å²) in [4.78, 5) is 11.8. The van der Waals surface area contributed by atoms with Crippen molar-refractivity contribution in [3.05, 3.63) is 5.01 Å². The summed E-state index contributed by atoms with van der Waals surface area (Å²) >= 11 is 1.39. The van der Waals surface area contributed by atoms with Gasteiger partial charge in [-0.3, -0.25) is 5.32 Å². The van der Waals surface area contributed by atoms with Crippen LogP contribution in [-0.2, 0) is 11.2 Å². The van der Waals surface area contributed by atoms with Crippen molar-refractivity contribution in [1.82, 2.24) is 15.5 Å². The second-order valence-corrected chi connectivity index (χ2v) is 6.08. The molecule has 1 aromatic rings. The van der Waals surface area contributed by atoms with E-state index in [2.05, 4.69) is 20.8 Å². The number of amides is 2. The van der Waals surface area contributed by atoms with Crippen molar-refractivity contribution in [3.63, 3.8) is 0 Å². The lowest BCUT2D eigenvalue weighted by molar-refractivity contribution is 0.00963. The molecule has 0 bridgehead atoms. The fraction of sp³-hybridized carbons (Fsp3) is 0.750.